The van der Waals surface area contributed by atoms with Crippen LogP contribution in [0.3, 0.4) is 0 Å². The van der Waals surface area contributed by atoms with Gasteiger partial charge in [0.25, 0.3) is 0 Å². The van der Waals surface area contributed by atoms with Gasteiger partial charge in [-0.25, -0.2) is 4.79 Å². The summed E-state index contributed by atoms with van der Waals surface area (Å²) in [4.78, 5) is 14.4. The molecule has 0 aromatic carbocycles. The van der Waals surface area contributed by atoms with Crippen LogP contribution < -0.4 is 5.32 Å². The fourth-order valence-corrected chi connectivity index (χ4v) is 4.07. The Labute approximate surface area is 137 Å². The molecular formula is C17H27NO3S. The number of hydrogen-bond acceptors (Lipinski definition) is 4. The number of thiophene rings is 1. The fraction of sp³-hybridized carbons (Fsp3) is 0.706. The van der Waals surface area contributed by atoms with Gasteiger partial charge in [-0.15, -0.1) is 11.3 Å². The number of amides is 1. The lowest BCUT2D eigenvalue weighted by Crippen LogP contribution is -2.33. The summed E-state index contributed by atoms with van der Waals surface area (Å²) in [5.41, 5.74) is 0.895. The van der Waals surface area contributed by atoms with Gasteiger partial charge in [-0.3, -0.25) is 0 Å². The van der Waals surface area contributed by atoms with E-state index in [2.05, 4.69) is 18.3 Å². The van der Waals surface area contributed by atoms with E-state index in [9.17, 15) is 4.79 Å². The second-order valence-corrected chi connectivity index (χ2v) is 8.08. The predicted molar refractivity (Wildman–Crippen MR) is 89.7 cm³/mol. The van der Waals surface area contributed by atoms with Crippen molar-refractivity contribution < 1.29 is 14.3 Å². The molecule has 1 heterocycles. The van der Waals surface area contributed by atoms with Gasteiger partial charge in [-0.05, 0) is 57.6 Å². The van der Waals surface area contributed by atoms with Crippen molar-refractivity contribution >= 4 is 17.4 Å². The van der Waals surface area contributed by atoms with E-state index in [1.54, 1.807) is 7.11 Å². The van der Waals surface area contributed by atoms with Gasteiger partial charge in [-0.1, -0.05) is 6.92 Å². The lowest BCUT2D eigenvalue weighted by molar-refractivity contribution is 0.0528. The van der Waals surface area contributed by atoms with Crippen LogP contribution in [-0.4, -0.2) is 25.3 Å². The van der Waals surface area contributed by atoms with Gasteiger partial charge >= 0.3 is 6.09 Å². The maximum Gasteiger partial charge on any atom is 0.407 e. The van der Waals surface area contributed by atoms with Gasteiger partial charge in [0.05, 0.1) is 6.10 Å². The Balaban J connectivity index is 1.91. The summed E-state index contributed by atoms with van der Waals surface area (Å²) in [5, 5.41) is 2.82. The second-order valence-electron chi connectivity index (χ2n) is 6.91. The number of alkyl carbamates (subject to hydrolysis) is 1. The predicted octanol–water partition coefficient (Wildman–Crippen LogP) is 4.40. The van der Waals surface area contributed by atoms with Crippen LogP contribution in [0.1, 0.15) is 67.9 Å². The van der Waals surface area contributed by atoms with E-state index in [-0.39, 0.29) is 12.2 Å². The third-order valence-corrected chi connectivity index (χ3v) is 5.26. The van der Waals surface area contributed by atoms with Crippen molar-refractivity contribution in [3.8, 4) is 0 Å². The summed E-state index contributed by atoms with van der Waals surface area (Å²) in [6.45, 7) is 8.48. The Morgan fingerprint density at radius 3 is 2.77 bits per heavy atom. The Bertz CT molecular complexity index is 518. The minimum Gasteiger partial charge on any atom is -0.444 e. The number of carbonyl (C=O) groups excluding carboxylic acids is 1. The molecule has 0 fully saturated rings. The van der Waals surface area contributed by atoms with Crippen LogP contribution in [0.5, 0.6) is 0 Å². The van der Waals surface area contributed by atoms with Crippen molar-refractivity contribution in [1.29, 1.82) is 0 Å². The molecule has 2 unspecified atom stereocenters. The molecule has 0 saturated carbocycles. The van der Waals surface area contributed by atoms with Crippen LogP contribution in [0.4, 0.5) is 4.79 Å². The molecule has 0 aliphatic heterocycles. The zero-order chi connectivity index (χ0) is 16.3. The van der Waals surface area contributed by atoms with Gasteiger partial charge in [-0.2, -0.15) is 0 Å². The summed E-state index contributed by atoms with van der Waals surface area (Å²) >= 11 is 1.86. The molecule has 1 aliphatic rings. The first-order valence-electron chi connectivity index (χ1n) is 7.92. The van der Waals surface area contributed by atoms with Gasteiger partial charge in [0.15, 0.2) is 0 Å². The number of carbonyl (C=O) groups is 1. The summed E-state index contributed by atoms with van der Waals surface area (Å²) in [6.07, 6.45) is 2.99. The van der Waals surface area contributed by atoms with Crippen LogP contribution in [0.2, 0.25) is 0 Å². The molecule has 0 bridgehead atoms. The van der Waals surface area contributed by atoms with Gasteiger partial charge in [0.1, 0.15) is 5.60 Å². The normalized spacial score (nSPS) is 21.3. The minimum absolute atomic E-state index is 0.231. The smallest absolute Gasteiger partial charge is 0.407 e. The Hall–Kier alpha value is -1.07. The highest BCUT2D eigenvalue weighted by Gasteiger charge is 2.27. The first-order valence-corrected chi connectivity index (χ1v) is 8.74. The van der Waals surface area contributed by atoms with Crippen LogP contribution in [0, 0.1) is 0 Å². The van der Waals surface area contributed by atoms with Crippen LogP contribution in [0.15, 0.2) is 6.07 Å². The molecule has 4 nitrogen and oxygen atoms in total. The van der Waals surface area contributed by atoms with Crippen molar-refractivity contribution in [2.75, 3.05) is 13.7 Å². The quantitative estimate of drug-likeness (QED) is 0.892. The number of hydrogen-bond donors (Lipinski definition) is 1. The summed E-state index contributed by atoms with van der Waals surface area (Å²) in [6, 6.07) is 2.25. The van der Waals surface area contributed by atoms with E-state index in [1.807, 2.05) is 32.1 Å². The lowest BCUT2D eigenvalue weighted by atomic mass is 9.88. The standard InChI is InChI=1S/C17H27NO3S/c1-11-6-7-14(20-5)13-10-12(22-15(11)13)8-9-18-16(19)21-17(2,3)4/h10-11,14H,6-9H2,1-5H3,(H,18,19). The van der Waals surface area contributed by atoms with E-state index in [4.69, 9.17) is 9.47 Å². The molecule has 1 N–H and O–H groups in total. The van der Waals surface area contributed by atoms with E-state index in [0.717, 1.165) is 12.8 Å². The average molecular weight is 325 g/mol. The molecule has 22 heavy (non-hydrogen) atoms. The van der Waals surface area contributed by atoms with E-state index < -0.39 is 5.60 Å². The van der Waals surface area contributed by atoms with E-state index >= 15 is 0 Å². The number of methoxy groups -OCH3 is 1. The molecule has 1 aromatic heterocycles. The Morgan fingerprint density at radius 1 is 1.41 bits per heavy atom. The maximum atomic E-state index is 11.6. The van der Waals surface area contributed by atoms with E-state index in [1.165, 1.54) is 21.7 Å². The second kappa shape index (κ2) is 7.01. The Kier molecular flexibility index (Phi) is 5.50. The number of fused-ring (bicyclic) bond motifs is 1. The third-order valence-electron chi connectivity index (χ3n) is 3.82. The molecule has 2 rings (SSSR count). The lowest BCUT2D eigenvalue weighted by Gasteiger charge is -2.25. The molecule has 1 aromatic rings. The van der Waals surface area contributed by atoms with Crippen LogP contribution >= 0.6 is 11.3 Å². The van der Waals surface area contributed by atoms with Crippen molar-refractivity contribution in [2.24, 2.45) is 0 Å². The first kappa shape index (κ1) is 17.3. The first-order chi connectivity index (χ1) is 10.3. The van der Waals surface area contributed by atoms with Gasteiger partial charge in [0, 0.05) is 23.4 Å². The number of rotatable bonds is 4. The highest BCUT2D eigenvalue weighted by Crippen LogP contribution is 2.43. The topological polar surface area (TPSA) is 47.6 Å². The number of ether oxygens (including phenoxy) is 2. The molecule has 0 saturated heterocycles. The molecule has 2 atom stereocenters. The SMILES string of the molecule is COC1CCC(C)c2sc(CCNC(=O)OC(C)(C)C)cc21. The average Bonchev–Trinajstić information content (AvgIpc) is 2.82. The highest BCUT2D eigenvalue weighted by molar-refractivity contribution is 7.12. The van der Waals surface area contributed by atoms with E-state index in [0.29, 0.717) is 12.5 Å². The summed E-state index contributed by atoms with van der Waals surface area (Å²) in [7, 11) is 1.78. The van der Waals surface area contributed by atoms with Crippen LogP contribution in [0.25, 0.3) is 0 Å². The largest absolute Gasteiger partial charge is 0.444 e. The summed E-state index contributed by atoms with van der Waals surface area (Å²) < 4.78 is 10.8. The van der Waals surface area contributed by atoms with Crippen LogP contribution in [-0.2, 0) is 15.9 Å². The molecule has 0 radical (unpaired) electrons. The molecular weight excluding hydrogens is 298 g/mol. The van der Waals surface area contributed by atoms with Crippen molar-refractivity contribution in [3.05, 3.63) is 21.4 Å². The molecule has 1 aliphatic carbocycles. The zero-order valence-electron chi connectivity index (χ0n) is 14.2. The van der Waals surface area contributed by atoms with Crippen molar-refractivity contribution in [3.63, 3.8) is 0 Å². The summed E-state index contributed by atoms with van der Waals surface area (Å²) in [5.74, 6) is 0.610. The molecule has 1 amide bonds. The van der Waals surface area contributed by atoms with Crippen molar-refractivity contribution in [2.45, 2.75) is 64.6 Å². The van der Waals surface area contributed by atoms with Gasteiger partial charge < -0.3 is 14.8 Å². The monoisotopic (exact) mass is 325 g/mol. The molecule has 5 heteroatoms. The maximum absolute atomic E-state index is 11.6. The minimum atomic E-state index is -0.451. The third kappa shape index (κ3) is 4.46. The number of nitrogens with one attached hydrogen (secondary N) is 1. The van der Waals surface area contributed by atoms with Crippen molar-refractivity contribution in [1.82, 2.24) is 5.32 Å². The fourth-order valence-electron chi connectivity index (χ4n) is 2.77. The van der Waals surface area contributed by atoms with Gasteiger partial charge in [0.2, 0.25) is 0 Å². The Morgan fingerprint density at radius 2 is 2.14 bits per heavy atom. The molecule has 124 valence electrons. The molecule has 0 spiro atoms. The highest BCUT2D eigenvalue weighted by atomic mass is 32.1. The zero-order valence-corrected chi connectivity index (χ0v) is 15.0.